The topological polar surface area (TPSA) is 80.8 Å². The Morgan fingerprint density at radius 2 is 1.56 bits per heavy atom. The minimum atomic E-state index is -0.424. The highest BCUT2D eigenvalue weighted by Crippen LogP contribution is 2.65. The van der Waals surface area contributed by atoms with E-state index >= 15 is 0 Å². The number of Topliss-reactive ketones (excluding diaryl/α,β-unsaturated/α-hetero) is 1. The van der Waals surface area contributed by atoms with Crippen molar-refractivity contribution in [3.05, 3.63) is 46.0 Å². The zero-order valence-corrected chi connectivity index (χ0v) is 20.0. The molecule has 6 nitrogen and oxygen atoms in total. The van der Waals surface area contributed by atoms with Crippen LogP contribution in [0, 0.1) is 41.4 Å². The molecule has 178 valence electrons. The number of allylic oxidation sites excluding steroid dienone is 2. The van der Waals surface area contributed by atoms with Gasteiger partial charge in [0, 0.05) is 16.6 Å². The van der Waals surface area contributed by atoms with Gasteiger partial charge in [0.15, 0.2) is 6.61 Å². The van der Waals surface area contributed by atoms with Crippen LogP contribution in [0.4, 0.5) is 0 Å². The smallest absolute Gasteiger partial charge is 0.309 e. The van der Waals surface area contributed by atoms with Crippen molar-refractivity contribution in [2.45, 2.75) is 38.1 Å². The Morgan fingerprint density at radius 1 is 0.941 bits per heavy atom. The fraction of sp³-hybridized carbons (Fsp3) is 0.538. The summed E-state index contributed by atoms with van der Waals surface area (Å²) in [6.07, 6.45) is 7.74. The second-order valence-corrected chi connectivity index (χ2v) is 11.2. The zero-order chi connectivity index (χ0) is 23.7. The fourth-order valence-corrected chi connectivity index (χ4v) is 7.47. The molecule has 1 saturated heterocycles. The molecule has 0 aromatic heterocycles. The molecule has 4 fully saturated rings. The Labute approximate surface area is 207 Å². The molecule has 0 spiro atoms. The van der Waals surface area contributed by atoms with Crippen molar-refractivity contribution in [1.82, 2.24) is 4.90 Å². The van der Waals surface area contributed by atoms with Gasteiger partial charge in [-0.3, -0.25) is 24.1 Å². The molecular weight excluding hydrogens is 477 g/mol. The van der Waals surface area contributed by atoms with Gasteiger partial charge in [-0.2, -0.15) is 0 Å². The Bertz CT molecular complexity index is 1090. The van der Waals surface area contributed by atoms with Crippen molar-refractivity contribution in [3.8, 4) is 0 Å². The second-order valence-electron chi connectivity index (χ2n) is 10.4. The quantitative estimate of drug-likeness (QED) is 0.259. The molecule has 0 N–H and O–H groups in total. The number of hydrogen-bond acceptors (Lipinski definition) is 5. The largest absolute Gasteiger partial charge is 0.457 e. The highest BCUT2D eigenvalue weighted by Gasteiger charge is 2.67. The van der Waals surface area contributed by atoms with Gasteiger partial charge in [-0.05, 0) is 74.0 Å². The fourth-order valence-electron chi connectivity index (χ4n) is 6.96. The van der Waals surface area contributed by atoms with Gasteiger partial charge in [-0.15, -0.1) is 0 Å². The number of rotatable bonds is 5. The minimum Gasteiger partial charge on any atom is -0.457 e. The van der Waals surface area contributed by atoms with Gasteiger partial charge < -0.3 is 4.74 Å². The number of likely N-dealkylation sites (tertiary alicyclic amines) is 1. The van der Waals surface area contributed by atoms with Crippen LogP contribution in [-0.2, 0) is 19.1 Å². The molecule has 2 bridgehead atoms. The molecule has 1 aromatic rings. The lowest BCUT2D eigenvalue weighted by atomic mass is 9.63. The first-order chi connectivity index (χ1) is 16.3. The number of nitrogens with zero attached hydrogens (tertiary/aromatic N) is 1. The summed E-state index contributed by atoms with van der Waals surface area (Å²) in [5.41, 5.74) is 0.260. The molecular formula is C26H25Cl2NO5. The molecule has 3 saturated carbocycles. The number of esters is 1. The maximum absolute atomic E-state index is 13.3. The van der Waals surface area contributed by atoms with Crippen LogP contribution in [-0.4, -0.2) is 41.1 Å². The number of hydrogen-bond donors (Lipinski definition) is 0. The van der Waals surface area contributed by atoms with Crippen molar-refractivity contribution >= 4 is 46.8 Å². The third kappa shape index (κ3) is 3.44. The first kappa shape index (κ1) is 22.3. The van der Waals surface area contributed by atoms with Gasteiger partial charge in [0.1, 0.15) is 0 Å². The van der Waals surface area contributed by atoms with Gasteiger partial charge in [0.25, 0.3) is 0 Å². The van der Waals surface area contributed by atoms with Crippen LogP contribution in [0.25, 0.3) is 0 Å². The van der Waals surface area contributed by atoms with E-state index in [0.717, 1.165) is 6.42 Å². The van der Waals surface area contributed by atoms with E-state index < -0.39 is 5.97 Å². The number of carbonyl (C=O) groups excluding carboxylic acids is 4. The average molecular weight is 502 g/mol. The van der Waals surface area contributed by atoms with E-state index in [1.807, 2.05) is 0 Å². The normalized spacial score (nSPS) is 37.4. The Balaban J connectivity index is 1.04. The van der Waals surface area contributed by atoms with Crippen LogP contribution >= 0.6 is 23.2 Å². The highest BCUT2D eigenvalue weighted by molar-refractivity contribution is 6.36. The van der Waals surface area contributed by atoms with E-state index in [9.17, 15) is 19.2 Å². The molecule has 7 rings (SSSR count). The SMILES string of the molecule is O=C(COC(=O)C1CCC(N2C(=O)[C@H]3[C@@H]4C=C[C@H]([C@H]5C[C@H]45)[C@@H]3C2=O)CC1)c1ccc(Cl)cc1Cl. The molecule has 0 radical (unpaired) electrons. The lowest BCUT2D eigenvalue weighted by molar-refractivity contribution is -0.149. The predicted molar refractivity (Wildman–Crippen MR) is 124 cm³/mol. The summed E-state index contributed by atoms with van der Waals surface area (Å²) < 4.78 is 5.28. The standard InChI is InChI=1S/C26H25Cl2NO5/c27-13-3-6-17(20(28)9-13)21(30)11-34-26(33)12-1-4-14(5-2-12)29-24(31)22-15-7-8-16(19-10-18(15)19)23(22)25(29)32/h3,6-9,12,14-16,18-19,22-23H,1-2,4-5,10-11H2/t12?,14?,15-,16-,18-,19-,22+,23+/m1/s1. The Hall–Kier alpha value is -2.18. The van der Waals surface area contributed by atoms with E-state index in [4.69, 9.17) is 27.9 Å². The molecule has 2 amide bonds. The summed E-state index contributed by atoms with van der Waals surface area (Å²) >= 11 is 11.9. The van der Waals surface area contributed by atoms with Gasteiger partial charge in [-0.25, -0.2) is 0 Å². The van der Waals surface area contributed by atoms with Crippen LogP contribution in [0.3, 0.4) is 0 Å². The van der Waals surface area contributed by atoms with Crippen LogP contribution < -0.4 is 0 Å². The van der Waals surface area contributed by atoms with Crippen molar-refractivity contribution in [2.24, 2.45) is 41.4 Å². The van der Waals surface area contributed by atoms with Gasteiger partial charge >= 0.3 is 5.97 Å². The van der Waals surface area contributed by atoms with E-state index in [1.165, 1.54) is 12.1 Å². The van der Waals surface area contributed by atoms with Crippen LogP contribution in [0.2, 0.25) is 10.0 Å². The second kappa shape index (κ2) is 8.20. The molecule has 1 aliphatic heterocycles. The Morgan fingerprint density at radius 3 is 2.15 bits per heavy atom. The molecule has 6 atom stereocenters. The number of carbonyl (C=O) groups is 4. The number of ether oxygens (including phenoxy) is 1. The highest BCUT2D eigenvalue weighted by atomic mass is 35.5. The molecule has 8 heteroatoms. The molecule has 0 unspecified atom stereocenters. The Kier molecular flexibility index (Phi) is 5.38. The number of benzene rings is 1. The zero-order valence-electron chi connectivity index (χ0n) is 18.5. The molecule has 5 aliphatic carbocycles. The van der Waals surface area contributed by atoms with Crippen LogP contribution in [0.15, 0.2) is 30.4 Å². The summed E-state index contributed by atoms with van der Waals surface area (Å²) in [7, 11) is 0. The monoisotopic (exact) mass is 501 g/mol. The van der Waals surface area contributed by atoms with Crippen molar-refractivity contribution in [2.75, 3.05) is 6.61 Å². The number of halogens is 2. The van der Waals surface area contributed by atoms with Gasteiger partial charge in [-0.1, -0.05) is 35.4 Å². The van der Waals surface area contributed by atoms with Crippen molar-refractivity contribution in [1.29, 1.82) is 0 Å². The summed E-state index contributed by atoms with van der Waals surface area (Å²) in [5.74, 6) is 0.0940. The third-order valence-corrected chi connectivity index (χ3v) is 9.22. The first-order valence-corrected chi connectivity index (χ1v) is 12.8. The molecule has 34 heavy (non-hydrogen) atoms. The maximum Gasteiger partial charge on any atom is 0.309 e. The summed E-state index contributed by atoms with van der Waals surface area (Å²) in [4.78, 5) is 53.1. The molecule has 1 heterocycles. The van der Waals surface area contributed by atoms with Crippen LogP contribution in [0.5, 0.6) is 0 Å². The number of imide groups is 1. The van der Waals surface area contributed by atoms with E-state index in [0.29, 0.717) is 42.5 Å². The lowest BCUT2D eigenvalue weighted by Crippen LogP contribution is -2.44. The van der Waals surface area contributed by atoms with E-state index in [-0.39, 0.29) is 70.4 Å². The number of amides is 2. The minimum absolute atomic E-state index is 0.00355. The molecule has 1 aromatic carbocycles. The summed E-state index contributed by atoms with van der Waals surface area (Å²) in [6.45, 7) is -0.384. The lowest BCUT2D eigenvalue weighted by Gasteiger charge is -2.37. The van der Waals surface area contributed by atoms with E-state index in [1.54, 1.807) is 11.0 Å². The summed E-state index contributed by atoms with van der Waals surface area (Å²) in [5, 5.41) is 0.640. The molecule has 6 aliphatic rings. The van der Waals surface area contributed by atoms with Crippen molar-refractivity contribution < 1.29 is 23.9 Å². The maximum atomic E-state index is 13.3. The van der Waals surface area contributed by atoms with E-state index in [2.05, 4.69) is 12.2 Å². The van der Waals surface area contributed by atoms with Crippen molar-refractivity contribution in [3.63, 3.8) is 0 Å². The predicted octanol–water partition coefficient (Wildman–Crippen LogP) is 4.33. The van der Waals surface area contributed by atoms with Crippen LogP contribution in [0.1, 0.15) is 42.5 Å². The van der Waals surface area contributed by atoms with Gasteiger partial charge in [0.2, 0.25) is 17.6 Å². The third-order valence-electron chi connectivity index (χ3n) is 8.67. The average Bonchev–Trinajstić information content (AvgIpc) is 3.61. The number of ketones is 1. The first-order valence-electron chi connectivity index (χ1n) is 12.0. The summed E-state index contributed by atoms with van der Waals surface area (Å²) in [6, 6.07) is 4.39. The van der Waals surface area contributed by atoms with Gasteiger partial charge in [0.05, 0.1) is 22.8 Å².